The number of hydrogen-bond donors (Lipinski definition) is 2. The molecule has 0 aliphatic heterocycles. The van der Waals surface area contributed by atoms with Gasteiger partial charge < -0.3 is 25.1 Å². The van der Waals surface area contributed by atoms with E-state index in [1.54, 1.807) is 0 Å². The van der Waals surface area contributed by atoms with Gasteiger partial charge in [-0.05, 0) is 9.91 Å². The van der Waals surface area contributed by atoms with Crippen molar-refractivity contribution in [1.82, 2.24) is 14.9 Å². The quantitative estimate of drug-likeness (QED) is 0.477. The predicted octanol–water partition coefficient (Wildman–Crippen LogP) is -1.10. The third-order valence-electron chi connectivity index (χ3n) is 1.57. The zero-order valence-electron chi connectivity index (χ0n) is 7.79. The Labute approximate surface area is 84.7 Å². The zero-order valence-corrected chi connectivity index (χ0v) is 7.79. The third-order valence-corrected chi connectivity index (χ3v) is 1.57. The van der Waals surface area contributed by atoms with E-state index in [1.807, 2.05) is 0 Å². The summed E-state index contributed by atoms with van der Waals surface area (Å²) in [5.41, 5.74) is 0. The van der Waals surface area contributed by atoms with E-state index in [4.69, 9.17) is 5.11 Å². The maximum Gasteiger partial charge on any atom is 0.381 e. The first-order chi connectivity index (χ1) is 7.13. The molecule has 0 unspecified atom stereocenters. The van der Waals surface area contributed by atoms with E-state index in [9.17, 15) is 14.9 Å². The number of aliphatic hydroxyl groups is 1. The number of carbonyl (C=O) groups is 1. The van der Waals surface area contributed by atoms with Crippen LogP contribution in [0.2, 0.25) is 0 Å². The minimum atomic E-state index is -0.637. The maximum atomic E-state index is 11.1. The lowest BCUT2D eigenvalue weighted by molar-refractivity contribution is -0.389. The molecule has 0 saturated heterocycles. The van der Waals surface area contributed by atoms with Crippen molar-refractivity contribution in [2.75, 3.05) is 13.2 Å². The number of hydrogen-bond acceptors (Lipinski definition) is 5. The highest BCUT2D eigenvalue weighted by Crippen LogP contribution is 2.04. The Morgan fingerprint density at radius 1 is 1.73 bits per heavy atom. The fourth-order valence-electron chi connectivity index (χ4n) is 0.946. The number of nitrogens with one attached hydrogen (secondary N) is 1. The van der Waals surface area contributed by atoms with Crippen LogP contribution in [-0.4, -0.2) is 38.6 Å². The summed E-state index contributed by atoms with van der Waals surface area (Å²) in [6.45, 7) is -0.0354. The lowest BCUT2D eigenvalue weighted by Crippen LogP contribution is -2.29. The number of aliphatic hydroxyl groups excluding tert-OH is 1. The van der Waals surface area contributed by atoms with Crippen LogP contribution >= 0.6 is 0 Å². The third kappa shape index (κ3) is 3.35. The zero-order chi connectivity index (χ0) is 11.3. The van der Waals surface area contributed by atoms with E-state index in [0.29, 0.717) is 0 Å². The van der Waals surface area contributed by atoms with Crippen LogP contribution in [0.4, 0.5) is 5.82 Å². The number of imidazole rings is 1. The van der Waals surface area contributed by atoms with Crippen molar-refractivity contribution in [3.05, 3.63) is 22.6 Å². The molecule has 15 heavy (non-hydrogen) atoms. The largest absolute Gasteiger partial charge is 0.395 e. The molecule has 1 aromatic rings. The molecule has 1 rings (SSSR count). The summed E-state index contributed by atoms with van der Waals surface area (Å²) in [6.07, 6.45) is 2.37. The minimum absolute atomic E-state index is 0.0547. The van der Waals surface area contributed by atoms with Gasteiger partial charge in [0.1, 0.15) is 12.7 Å². The number of amides is 1. The summed E-state index contributed by atoms with van der Waals surface area (Å²) in [5.74, 6) is -0.638. The van der Waals surface area contributed by atoms with Gasteiger partial charge in [-0.15, -0.1) is 0 Å². The van der Waals surface area contributed by atoms with Crippen LogP contribution in [0.1, 0.15) is 0 Å². The van der Waals surface area contributed by atoms with Gasteiger partial charge in [0.15, 0.2) is 0 Å². The smallest absolute Gasteiger partial charge is 0.381 e. The highest BCUT2D eigenvalue weighted by atomic mass is 16.6. The van der Waals surface area contributed by atoms with E-state index in [-0.39, 0.29) is 31.4 Å². The van der Waals surface area contributed by atoms with Crippen LogP contribution in [0.5, 0.6) is 0 Å². The molecule has 8 heteroatoms. The molecule has 0 fully saturated rings. The van der Waals surface area contributed by atoms with Crippen LogP contribution in [-0.2, 0) is 11.3 Å². The molecular formula is C7H10N4O4. The number of aromatic nitrogens is 2. The van der Waals surface area contributed by atoms with Crippen LogP contribution < -0.4 is 5.32 Å². The first-order valence-corrected chi connectivity index (χ1v) is 4.17. The standard InChI is InChI=1S/C7H10N4O4/c12-2-1-8-7(13)4-10-3-6(9-5-10)11(14)15/h3,5,12H,1-2,4H2,(H,8,13). The molecule has 0 aliphatic carbocycles. The van der Waals surface area contributed by atoms with E-state index in [0.717, 1.165) is 0 Å². The maximum absolute atomic E-state index is 11.1. The van der Waals surface area contributed by atoms with Crippen molar-refractivity contribution in [1.29, 1.82) is 0 Å². The van der Waals surface area contributed by atoms with Gasteiger partial charge in [0.25, 0.3) is 0 Å². The molecule has 1 aromatic heterocycles. The Balaban J connectivity index is 2.50. The summed E-state index contributed by atoms with van der Waals surface area (Å²) in [4.78, 5) is 24.2. The lowest BCUT2D eigenvalue weighted by atomic mass is 10.5. The van der Waals surface area contributed by atoms with Crippen LogP contribution in [0, 0.1) is 10.1 Å². The molecule has 2 N–H and O–H groups in total. The summed E-state index contributed by atoms with van der Waals surface area (Å²) < 4.78 is 1.30. The van der Waals surface area contributed by atoms with Gasteiger partial charge in [-0.2, -0.15) is 0 Å². The Hall–Kier alpha value is -1.96. The fraction of sp³-hybridized carbons (Fsp3) is 0.429. The molecule has 1 amide bonds. The van der Waals surface area contributed by atoms with Crippen molar-refractivity contribution >= 4 is 11.7 Å². The van der Waals surface area contributed by atoms with E-state index in [2.05, 4.69) is 10.3 Å². The van der Waals surface area contributed by atoms with Crippen LogP contribution in [0.15, 0.2) is 12.5 Å². The van der Waals surface area contributed by atoms with Gasteiger partial charge in [-0.25, -0.2) is 0 Å². The van der Waals surface area contributed by atoms with Crippen molar-refractivity contribution in [2.45, 2.75) is 6.54 Å². The molecule has 8 nitrogen and oxygen atoms in total. The Bertz CT molecular complexity index is 362. The number of nitrogens with zero attached hydrogens (tertiary/aromatic N) is 3. The van der Waals surface area contributed by atoms with Gasteiger partial charge in [0.05, 0.1) is 6.61 Å². The molecule has 1 heterocycles. The first-order valence-electron chi connectivity index (χ1n) is 4.17. The van der Waals surface area contributed by atoms with E-state index >= 15 is 0 Å². The van der Waals surface area contributed by atoms with Crippen molar-refractivity contribution < 1.29 is 14.8 Å². The molecule has 0 saturated carbocycles. The van der Waals surface area contributed by atoms with Crippen LogP contribution in [0.25, 0.3) is 0 Å². The Morgan fingerprint density at radius 2 is 2.47 bits per heavy atom. The van der Waals surface area contributed by atoms with Gasteiger partial charge in [-0.3, -0.25) is 4.79 Å². The molecule has 0 spiro atoms. The molecule has 0 aromatic carbocycles. The van der Waals surface area contributed by atoms with Gasteiger partial charge in [-0.1, -0.05) is 0 Å². The van der Waals surface area contributed by atoms with Crippen LogP contribution in [0.3, 0.4) is 0 Å². The van der Waals surface area contributed by atoms with Crippen molar-refractivity contribution in [3.63, 3.8) is 0 Å². The van der Waals surface area contributed by atoms with Gasteiger partial charge in [0.2, 0.25) is 12.2 Å². The number of nitro groups is 1. The molecule has 0 atom stereocenters. The Morgan fingerprint density at radius 3 is 3.00 bits per heavy atom. The topological polar surface area (TPSA) is 110 Å². The first kappa shape index (κ1) is 11.1. The van der Waals surface area contributed by atoms with Gasteiger partial charge >= 0.3 is 5.82 Å². The average molecular weight is 214 g/mol. The van der Waals surface area contributed by atoms with E-state index < -0.39 is 4.92 Å². The molecule has 0 bridgehead atoms. The SMILES string of the molecule is O=C(Cn1cnc([N+](=O)[O-])c1)NCCO. The fourth-order valence-corrected chi connectivity index (χ4v) is 0.946. The summed E-state index contributed by atoms with van der Waals surface area (Å²) in [5, 5.41) is 21.1. The van der Waals surface area contributed by atoms with Gasteiger partial charge in [0, 0.05) is 6.54 Å². The second-order valence-corrected chi connectivity index (χ2v) is 2.73. The predicted molar refractivity (Wildman–Crippen MR) is 49.0 cm³/mol. The molecular weight excluding hydrogens is 204 g/mol. The summed E-state index contributed by atoms with van der Waals surface area (Å²) in [6, 6.07) is 0. The number of carbonyl (C=O) groups excluding carboxylic acids is 1. The Kier molecular flexibility index (Phi) is 3.75. The monoisotopic (exact) mass is 214 g/mol. The average Bonchev–Trinajstić information content (AvgIpc) is 2.63. The normalized spacial score (nSPS) is 9.93. The lowest BCUT2D eigenvalue weighted by Gasteiger charge is -2.01. The minimum Gasteiger partial charge on any atom is -0.395 e. The van der Waals surface area contributed by atoms with Crippen molar-refractivity contribution in [2.24, 2.45) is 0 Å². The molecule has 82 valence electrons. The second kappa shape index (κ2) is 5.05. The highest BCUT2D eigenvalue weighted by Gasteiger charge is 2.11. The van der Waals surface area contributed by atoms with E-state index in [1.165, 1.54) is 17.1 Å². The molecule has 0 aliphatic rings. The summed E-state index contributed by atoms with van der Waals surface area (Å²) in [7, 11) is 0. The van der Waals surface area contributed by atoms with Crippen molar-refractivity contribution in [3.8, 4) is 0 Å². The summed E-state index contributed by atoms with van der Waals surface area (Å²) >= 11 is 0. The highest BCUT2D eigenvalue weighted by molar-refractivity contribution is 5.75. The molecule has 0 radical (unpaired) electrons. The number of rotatable bonds is 5. The second-order valence-electron chi connectivity index (χ2n) is 2.73.